The Hall–Kier alpha value is 0.230. The van der Waals surface area contributed by atoms with E-state index < -0.39 is 11.4 Å². The van der Waals surface area contributed by atoms with Gasteiger partial charge in [0, 0.05) is 11.4 Å². The Bertz CT molecular complexity index is 206. The van der Waals surface area contributed by atoms with Crippen molar-refractivity contribution in [1.29, 1.82) is 0 Å². The van der Waals surface area contributed by atoms with Gasteiger partial charge in [-0.2, -0.15) is 0 Å². The van der Waals surface area contributed by atoms with E-state index in [2.05, 4.69) is 16.7 Å². The molecule has 1 heterocycles. The first kappa shape index (κ1) is 14.3. The maximum Gasteiger partial charge on any atom is 0.136 e. The summed E-state index contributed by atoms with van der Waals surface area (Å²) in [5, 5.41) is 0. The highest BCUT2D eigenvalue weighted by Crippen LogP contribution is 2.17. The molecule has 0 saturated carbocycles. The van der Waals surface area contributed by atoms with Crippen molar-refractivity contribution >= 4 is 11.4 Å². The van der Waals surface area contributed by atoms with E-state index >= 15 is 0 Å². The second-order valence-corrected chi connectivity index (χ2v) is 7.78. The van der Waals surface area contributed by atoms with Crippen LogP contribution in [0.4, 0.5) is 0 Å². The average Bonchev–Trinajstić information content (AvgIpc) is 2.15. The molecule has 1 saturated heterocycles. The molecule has 0 spiro atoms. The number of nitrogens with zero attached hydrogens (tertiary/aromatic N) is 1. The summed E-state index contributed by atoms with van der Waals surface area (Å²) in [6, 6.07) is 0.419. The Labute approximate surface area is 103 Å². The average molecular weight is 246 g/mol. The topological polar surface area (TPSA) is 38.3 Å². The van der Waals surface area contributed by atoms with Crippen LogP contribution >= 0.6 is 0 Å². The fourth-order valence-corrected chi connectivity index (χ4v) is 2.74. The van der Waals surface area contributed by atoms with E-state index in [0.29, 0.717) is 6.04 Å². The van der Waals surface area contributed by atoms with Gasteiger partial charge in [0.25, 0.3) is 0 Å². The summed E-state index contributed by atoms with van der Waals surface area (Å²) < 4.78 is 15.1. The molecule has 4 heteroatoms. The molecule has 0 aliphatic carbocycles. The Balaban J connectivity index is 2.40. The Morgan fingerprint density at radius 1 is 1.19 bits per heavy atom. The molecule has 0 aromatic carbocycles. The summed E-state index contributed by atoms with van der Waals surface area (Å²) >= 11 is -0.928. The predicted octanol–water partition coefficient (Wildman–Crippen LogP) is 1.91. The first-order valence-electron chi connectivity index (χ1n) is 6.26. The van der Waals surface area contributed by atoms with Gasteiger partial charge in [-0.1, -0.05) is 6.42 Å². The monoisotopic (exact) mass is 246 g/mol. The molecule has 0 amide bonds. The SMILES string of the molecule is CN1CCCCC(N[S@+]([O-])C(C)(C)C)CC1. The van der Waals surface area contributed by atoms with Crippen LogP contribution in [-0.4, -0.2) is 40.4 Å². The minimum atomic E-state index is -0.928. The van der Waals surface area contributed by atoms with Crippen molar-refractivity contribution < 1.29 is 4.55 Å². The molecule has 1 aliphatic rings. The summed E-state index contributed by atoms with van der Waals surface area (Å²) in [5.74, 6) is 0. The smallest absolute Gasteiger partial charge is 0.136 e. The normalized spacial score (nSPS) is 27.2. The summed E-state index contributed by atoms with van der Waals surface area (Å²) in [4.78, 5) is 2.37. The van der Waals surface area contributed by atoms with Gasteiger partial charge in [0.15, 0.2) is 0 Å². The molecule has 0 bridgehead atoms. The van der Waals surface area contributed by atoms with Crippen LogP contribution in [0.1, 0.15) is 46.5 Å². The lowest BCUT2D eigenvalue weighted by Crippen LogP contribution is -2.46. The highest BCUT2D eigenvalue weighted by molar-refractivity contribution is 7.90. The van der Waals surface area contributed by atoms with Crippen molar-refractivity contribution in [2.45, 2.75) is 57.2 Å². The molecule has 1 N–H and O–H groups in total. The molecule has 2 atom stereocenters. The van der Waals surface area contributed by atoms with Crippen LogP contribution in [0.15, 0.2) is 0 Å². The maximum atomic E-state index is 12.0. The third-order valence-electron chi connectivity index (χ3n) is 3.03. The highest BCUT2D eigenvalue weighted by atomic mass is 32.2. The van der Waals surface area contributed by atoms with E-state index in [1.165, 1.54) is 19.4 Å². The lowest BCUT2D eigenvalue weighted by molar-refractivity contribution is 0.277. The lowest BCUT2D eigenvalue weighted by Gasteiger charge is -2.30. The molecule has 1 aliphatic heterocycles. The van der Waals surface area contributed by atoms with E-state index in [0.717, 1.165) is 19.4 Å². The zero-order valence-electron chi connectivity index (χ0n) is 11.1. The van der Waals surface area contributed by atoms with E-state index in [1.807, 2.05) is 20.8 Å². The van der Waals surface area contributed by atoms with Gasteiger partial charge in [-0.25, -0.2) is 0 Å². The highest BCUT2D eigenvalue weighted by Gasteiger charge is 2.29. The van der Waals surface area contributed by atoms with Gasteiger partial charge in [0.05, 0.1) is 6.04 Å². The lowest BCUT2D eigenvalue weighted by atomic mass is 10.0. The Kier molecular flexibility index (Phi) is 5.57. The minimum absolute atomic E-state index is 0.158. The Morgan fingerprint density at radius 2 is 1.88 bits per heavy atom. The van der Waals surface area contributed by atoms with Crippen LogP contribution < -0.4 is 4.72 Å². The molecule has 1 unspecified atom stereocenters. The summed E-state index contributed by atoms with van der Waals surface area (Å²) in [6.45, 7) is 8.37. The fraction of sp³-hybridized carbons (Fsp3) is 1.00. The molecular weight excluding hydrogens is 220 g/mol. The van der Waals surface area contributed by atoms with Crippen LogP contribution in [0.2, 0.25) is 0 Å². The number of likely N-dealkylation sites (tertiary alicyclic amines) is 1. The van der Waals surface area contributed by atoms with Crippen molar-refractivity contribution in [2.75, 3.05) is 20.1 Å². The number of nitrogens with one attached hydrogen (secondary N) is 1. The zero-order valence-corrected chi connectivity index (χ0v) is 11.9. The zero-order chi connectivity index (χ0) is 12.2. The Morgan fingerprint density at radius 3 is 2.50 bits per heavy atom. The molecule has 0 radical (unpaired) electrons. The molecule has 1 rings (SSSR count). The van der Waals surface area contributed by atoms with Gasteiger partial charge >= 0.3 is 0 Å². The fourth-order valence-electron chi connectivity index (χ4n) is 1.85. The van der Waals surface area contributed by atoms with Gasteiger partial charge in [0.1, 0.15) is 4.75 Å². The molecule has 3 nitrogen and oxygen atoms in total. The molecule has 0 aromatic heterocycles. The molecule has 16 heavy (non-hydrogen) atoms. The third kappa shape index (κ3) is 5.04. The van der Waals surface area contributed by atoms with Gasteiger partial charge in [-0.3, -0.25) is 0 Å². The van der Waals surface area contributed by atoms with Crippen molar-refractivity contribution in [3.05, 3.63) is 0 Å². The van der Waals surface area contributed by atoms with E-state index in [-0.39, 0.29) is 4.75 Å². The summed E-state index contributed by atoms with van der Waals surface area (Å²) in [7, 11) is 2.17. The standard InChI is InChI=1S/C12H26N2OS/c1-12(2,3)16(15)13-11-7-5-6-9-14(4)10-8-11/h11,13H,5-10H2,1-4H3/t11?,16-/m1/s1. The van der Waals surface area contributed by atoms with Crippen LogP contribution in [0, 0.1) is 0 Å². The van der Waals surface area contributed by atoms with Gasteiger partial charge < -0.3 is 9.45 Å². The first-order valence-corrected chi connectivity index (χ1v) is 7.41. The van der Waals surface area contributed by atoms with Gasteiger partial charge in [-0.05, 0) is 60.2 Å². The molecule has 1 fully saturated rings. The van der Waals surface area contributed by atoms with Gasteiger partial charge in [-0.15, -0.1) is 4.72 Å². The van der Waals surface area contributed by atoms with E-state index in [9.17, 15) is 4.55 Å². The van der Waals surface area contributed by atoms with E-state index in [4.69, 9.17) is 0 Å². The third-order valence-corrected chi connectivity index (χ3v) is 4.69. The number of hydrogen-bond donors (Lipinski definition) is 1. The van der Waals surface area contributed by atoms with Crippen molar-refractivity contribution in [1.82, 2.24) is 9.62 Å². The molecule has 96 valence electrons. The maximum absolute atomic E-state index is 12.0. The quantitative estimate of drug-likeness (QED) is 0.757. The van der Waals surface area contributed by atoms with Gasteiger partial charge in [0.2, 0.25) is 0 Å². The van der Waals surface area contributed by atoms with Crippen LogP contribution in [0.5, 0.6) is 0 Å². The number of rotatable bonds is 2. The number of hydrogen-bond acceptors (Lipinski definition) is 3. The minimum Gasteiger partial charge on any atom is -0.598 e. The molecule has 0 aromatic rings. The first-order chi connectivity index (χ1) is 7.39. The van der Waals surface area contributed by atoms with Crippen molar-refractivity contribution in [3.8, 4) is 0 Å². The second-order valence-electron chi connectivity index (χ2n) is 5.78. The van der Waals surface area contributed by atoms with Crippen LogP contribution in [-0.2, 0) is 11.4 Å². The summed E-state index contributed by atoms with van der Waals surface area (Å²) in [6.07, 6.45) is 4.77. The molecular formula is C12H26N2OS. The largest absolute Gasteiger partial charge is 0.598 e. The summed E-state index contributed by atoms with van der Waals surface area (Å²) in [5.41, 5.74) is 0. The van der Waals surface area contributed by atoms with Crippen LogP contribution in [0.3, 0.4) is 0 Å². The van der Waals surface area contributed by atoms with E-state index in [1.54, 1.807) is 0 Å². The second kappa shape index (κ2) is 6.24. The van der Waals surface area contributed by atoms with Crippen molar-refractivity contribution in [3.63, 3.8) is 0 Å². The van der Waals surface area contributed by atoms with Crippen LogP contribution in [0.25, 0.3) is 0 Å². The van der Waals surface area contributed by atoms with Crippen molar-refractivity contribution in [2.24, 2.45) is 0 Å². The predicted molar refractivity (Wildman–Crippen MR) is 70.8 cm³/mol.